The van der Waals surface area contributed by atoms with Gasteiger partial charge in [-0.2, -0.15) is 5.26 Å². The predicted molar refractivity (Wildman–Crippen MR) is 65.3 cm³/mol. The Balaban J connectivity index is 3.00. The minimum absolute atomic E-state index is 0.162. The van der Waals surface area contributed by atoms with Crippen LogP contribution in [0.3, 0.4) is 0 Å². The first-order valence-electron chi connectivity index (χ1n) is 5.19. The van der Waals surface area contributed by atoms with E-state index in [1.165, 1.54) is 6.20 Å². The van der Waals surface area contributed by atoms with E-state index >= 15 is 0 Å². The van der Waals surface area contributed by atoms with E-state index < -0.39 is 13.6 Å². The molecule has 0 fully saturated rings. The molecule has 0 aromatic carbocycles. The van der Waals surface area contributed by atoms with Gasteiger partial charge in [-0.25, -0.2) is 0 Å². The van der Waals surface area contributed by atoms with Crippen LogP contribution in [0.1, 0.15) is 11.1 Å². The Bertz CT molecular complexity index is 480. The molecule has 0 aliphatic heterocycles. The largest absolute Gasteiger partial charge is 0.506 e. The highest BCUT2D eigenvalue weighted by atomic mass is 28.3. The molecule has 0 saturated heterocycles. The lowest BCUT2D eigenvalue weighted by Crippen LogP contribution is -2.20. The van der Waals surface area contributed by atoms with Crippen LogP contribution in [0.15, 0.2) is 11.0 Å². The van der Waals surface area contributed by atoms with E-state index in [1.807, 2.05) is 0 Å². The molecular weight excluding hydrogens is 220 g/mol. The molecule has 0 bridgehead atoms. The molecule has 0 radical (unpaired) electrons. The zero-order chi connectivity index (χ0) is 12.3. The van der Waals surface area contributed by atoms with E-state index in [0.29, 0.717) is 12.0 Å². The fourth-order valence-electron chi connectivity index (χ4n) is 1.37. The predicted octanol–water partition coefficient (Wildman–Crippen LogP) is 1.83. The van der Waals surface area contributed by atoms with Crippen molar-refractivity contribution in [2.75, 3.05) is 0 Å². The number of aryl methyl sites for hydroxylation is 1. The van der Waals surface area contributed by atoms with Gasteiger partial charge in [0.2, 0.25) is 0 Å². The molecule has 4 nitrogen and oxygen atoms in total. The summed E-state index contributed by atoms with van der Waals surface area (Å²) in [6, 6.07) is 2.73. The molecule has 86 valence electrons. The highest BCUT2D eigenvalue weighted by molar-refractivity contribution is 6.76. The molecule has 16 heavy (non-hydrogen) atoms. The fourth-order valence-corrected chi connectivity index (χ4v) is 2.38. The number of H-pyrrole nitrogens is 1. The summed E-state index contributed by atoms with van der Waals surface area (Å²) in [5.74, 6) is -0.162. The van der Waals surface area contributed by atoms with Crippen LogP contribution < -0.4 is 5.56 Å². The maximum atomic E-state index is 11.2. The Morgan fingerprint density at radius 3 is 2.62 bits per heavy atom. The smallest absolute Gasteiger partial charge is 0.269 e. The Hall–Kier alpha value is -1.54. The number of aromatic amines is 1. The van der Waals surface area contributed by atoms with Gasteiger partial charge in [-0.15, -0.1) is 0 Å². The summed E-state index contributed by atoms with van der Waals surface area (Å²) < 4.78 is 0. The van der Waals surface area contributed by atoms with Crippen LogP contribution in [0.25, 0.3) is 0 Å². The Labute approximate surface area is 95.6 Å². The van der Waals surface area contributed by atoms with Gasteiger partial charge in [-0.3, -0.25) is 4.79 Å². The van der Waals surface area contributed by atoms with Crippen molar-refractivity contribution in [1.82, 2.24) is 4.98 Å². The number of nitrogens with one attached hydrogen (secondary N) is 1. The summed E-state index contributed by atoms with van der Waals surface area (Å²) >= 11 is 0. The Morgan fingerprint density at radius 2 is 2.12 bits per heavy atom. The third-order valence-corrected chi connectivity index (χ3v) is 4.15. The highest BCUT2D eigenvalue weighted by Gasteiger charge is 2.16. The first kappa shape index (κ1) is 12.5. The van der Waals surface area contributed by atoms with Crippen LogP contribution in [0.2, 0.25) is 25.7 Å². The second kappa shape index (κ2) is 4.54. The standard InChI is InChI=1S/C11H16N2O2Si/c1-16(2,3)5-4-8-7-13-11(15)9(6-12)10(8)14/h7H,4-5H2,1-3H3,(H2,13,14,15). The molecule has 0 amide bonds. The molecule has 5 heteroatoms. The van der Waals surface area contributed by atoms with E-state index in [1.54, 1.807) is 6.07 Å². The third-order valence-electron chi connectivity index (χ3n) is 2.40. The van der Waals surface area contributed by atoms with Crippen LogP contribution in [0.4, 0.5) is 0 Å². The summed E-state index contributed by atoms with van der Waals surface area (Å²) in [6.07, 6.45) is 2.20. The number of hydrogen-bond acceptors (Lipinski definition) is 3. The molecule has 0 unspecified atom stereocenters. The van der Waals surface area contributed by atoms with Crippen molar-refractivity contribution in [3.8, 4) is 11.8 Å². The second-order valence-electron chi connectivity index (χ2n) is 5.04. The van der Waals surface area contributed by atoms with Crippen LogP contribution in [0.5, 0.6) is 5.75 Å². The van der Waals surface area contributed by atoms with Gasteiger partial charge in [-0.05, 0) is 6.42 Å². The quantitative estimate of drug-likeness (QED) is 0.786. The van der Waals surface area contributed by atoms with Crippen molar-refractivity contribution in [3.05, 3.63) is 27.7 Å². The van der Waals surface area contributed by atoms with Gasteiger partial charge in [0.1, 0.15) is 11.8 Å². The van der Waals surface area contributed by atoms with Gasteiger partial charge < -0.3 is 10.1 Å². The zero-order valence-corrected chi connectivity index (χ0v) is 10.8. The molecule has 1 rings (SSSR count). The number of nitriles is 1. The van der Waals surface area contributed by atoms with Crippen LogP contribution in [-0.2, 0) is 6.42 Å². The molecule has 0 aliphatic carbocycles. The van der Waals surface area contributed by atoms with Gasteiger partial charge in [0.15, 0.2) is 5.56 Å². The first-order chi connectivity index (χ1) is 7.35. The first-order valence-corrected chi connectivity index (χ1v) is 8.89. The molecule has 0 spiro atoms. The van der Waals surface area contributed by atoms with Gasteiger partial charge in [0, 0.05) is 19.8 Å². The number of aromatic nitrogens is 1. The molecule has 0 atom stereocenters. The highest BCUT2D eigenvalue weighted by Crippen LogP contribution is 2.22. The fraction of sp³-hybridized carbons (Fsp3) is 0.455. The van der Waals surface area contributed by atoms with E-state index in [9.17, 15) is 9.90 Å². The molecule has 0 aliphatic rings. The SMILES string of the molecule is C[Si](C)(C)CCc1c[nH]c(=O)c(C#N)c1O. The monoisotopic (exact) mass is 236 g/mol. The molecule has 0 saturated carbocycles. The normalized spacial score (nSPS) is 11.1. The molecule has 1 aromatic rings. The van der Waals surface area contributed by atoms with Gasteiger partial charge in [-0.1, -0.05) is 25.7 Å². The topological polar surface area (TPSA) is 76.9 Å². The number of rotatable bonds is 3. The third kappa shape index (κ3) is 2.97. The number of pyridine rings is 1. The van der Waals surface area contributed by atoms with Crippen molar-refractivity contribution in [3.63, 3.8) is 0 Å². The maximum Gasteiger partial charge on any atom is 0.269 e. The van der Waals surface area contributed by atoms with Crippen LogP contribution in [-0.4, -0.2) is 18.2 Å². The summed E-state index contributed by atoms with van der Waals surface area (Å²) in [7, 11) is -1.19. The Morgan fingerprint density at radius 1 is 1.50 bits per heavy atom. The number of hydrogen-bond donors (Lipinski definition) is 2. The minimum atomic E-state index is -1.19. The average molecular weight is 236 g/mol. The summed E-state index contributed by atoms with van der Waals surface area (Å²) in [5, 5.41) is 18.5. The van der Waals surface area contributed by atoms with Crippen molar-refractivity contribution < 1.29 is 5.11 Å². The van der Waals surface area contributed by atoms with Crippen molar-refractivity contribution in [1.29, 1.82) is 5.26 Å². The van der Waals surface area contributed by atoms with E-state index in [4.69, 9.17) is 5.26 Å². The lowest BCUT2D eigenvalue weighted by atomic mass is 10.1. The molecule has 1 heterocycles. The van der Waals surface area contributed by atoms with Crippen molar-refractivity contribution in [2.24, 2.45) is 0 Å². The average Bonchev–Trinajstić information content (AvgIpc) is 2.16. The Kier molecular flexibility index (Phi) is 3.55. The zero-order valence-electron chi connectivity index (χ0n) is 9.79. The molecular formula is C11H16N2O2Si. The lowest BCUT2D eigenvalue weighted by Gasteiger charge is -2.15. The maximum absolute atomic E-state index is 11.2. The van der Waals surface area contributed by atoms with Crippen LogP contribution in [0, 0.1) is 11.3 Å². The van der Waals surface area contributed by atoms with Crippen molar-refractivity contribution >= 4 is 8.07 Å². The van der Waals surface area contributed by atoms with Gasteiger partial charge in [0.05, 0.1) is 0 Å². The molecule has 1 aromatic heterocycles. The number of nitrogens with zero attached hydrogens (tertiary/aromatic N) is 1. The second-order valence-corrected chi connectivity index (χ2v) is 10.7. The summed E-state index contributed by atoms with van der Waals surface area (Å²) in [5.41, 5.74) is -0.0663. The van der Waals surface area contributed by atoms with Crippen LogP contribution >= 0.6 is 0 Å². The van der Waals surface area contributed by atoms with E-state index in [-0.39, 0.29) is 11.3 Å². The van der Waals surface area contributed by atoms with E-state index in [0.717, 1.165) is 6.04 Å². The van der Waals surface area contributed by atoms with Gasteiger partial charge >= 0.3 is 0 Å². The minimum Gasteiger partial charge on any atom is -0.506 e. The summed E-state index contributed by atoms with van der Waals surface area (Å²) in [6.45, 7) is 6.71. The van der Waals surface area contributed by atoms with E-state index in [2.05, 4.69) is 24.6 Å². The lowest BCUT2D eigenvalue weighted by molar-refractivity contribution is 0.465. The number of aromatic hydroxyl groups is 1. The van der Waals surface area contributed by atoms with Gasteiger partial charge in [0.25, 0.3) is 5.56 Å². The molecule has 2 N–H and O–H groups in total. The summed E-state index contributed by atoms with van der Waals surface area (Å²) in [4.78, 5) is 13.7. The van der Waals surface area contributed by atoms with Crippen molar-refractivity contribution in [2.45, 2.75) is 32.1 Å².